The van der Waals surface area contributed by atoms with Gasteiger partial charge in [-0.15, -0.1) is 0 Å². The minimum Gasteiger partial charge on any atom is -0.394 e. The van der Waals surface area contributed by atoms with Gasteiger partial charge in [0.15, 0.2) is 0 Å². The largest absolute Gasteiger partial charge is 0.394 e. The number of nitrogens with zero attached hydrogens (tertiary/aromatic N) is 3. The van der Waals surface area contributed by atoms with Crippen molar-refractivity contribution in [2.75, 3.05) is 24.1 Å². The maximum atomic E-state index is 6.31. The van der Waals surface area contributed by atoms with E-state index in [2.05, 4.69) is 52.6 Å². The van der Waals surface area contributed by atoms with Crippen molar-refractivity contribution >= 4 is 11.5 Å². The summed E-state index contributed by atoms with van der Waals surface area (Å²) in [6.45, 7) is 5.38. The summed E-state index contributed by atoms with van der Waals surface area (Å²) in [7, 11) is 1.97. The molecule has 1 unspecified atom stereocenters. The lowest BCUT2D eigenvalue weighted by molar-refractivity contribution is 0.208. The van der Waals surface area contributed by atoms with Crippen molar-refractivity contribution in [2.24, 2.45) is 7.05 Å². The van der Waals surface area contributed by atoms with Gasteiger partial charge in [-0.1, -0.05) is 43.7 Å². The lowest BCUT2D eigenvalue weighted by atomic mass is 10.0. The van der Waals surface area contributed by atoms with E-state index >= 15 is 0 Å². The first-order valence-corrected chi connectivity index (χ1v) is 9.01. The monoisotopic (exact) mass is 327 g/mol. The van der Waals surface area contributed by atoms with E-state index in [0.29, 0.717) is 6.04 Å². The van der Waals surface area contributed by atoms with Crippen LogP contribution in [0.3, 0.4) is 0 Å². The number of nitrogens with two attached hydrogens (primary N) is 1. The maximum absolute atomic E-state index is 6.31. The van der Waals surface area contributed by atoms with E-state index in [4.69, 9.17) is 5.73 Å². The van der Waals surface area contributed by atoms with E-state index in [9.17, 15) is 0 Å². The second kappa shape index (κ2) is 7.71. The third kappa shape index (κ3) is 3.90. The number of nitrogen functional groups attached to an aromatic ring is 1. The van der Waals surface area contributed by atoms with Crippen LogP contribution < -0.4 is 11.1 Å². The Morgan fingerprint density at radius 2 is 2.08 bits per heavy atom. The third-order valence-corrected chi connectivity index (χ3v) is 4.74. The fourth-order valence-electron chi connectivity index (χ4n) is 3.54. The van der Waals surface area contributed by atoms with E-state index in [1.807, 2.05) is 11.7 Å². The van der Waals surface area contributed by atoms with Crippen LogP contribution in [0.15, 0.2) is 30.3 Å². The van der Waals surface area contributed by atoms with Gasteiger partial charge >= 0.3 is 0 Å². The molecule has 0 aliphatic carbocycles. The Morgan fingerprint density at radius 1 is 1.29 bits per heavy atom. The van der Waals surface area contributed by atoms with Gasteiger partial charge in [0.25, 0.3) is 0 Å². The van der Waals surface area contributed by atoms with E-state index < -0.39 is 0 Å². The second-order valence-corrected chi connectivity index (χ2v) is 6.79. The SMILES string of the molecule is CCCc1nn(C)c(NC2CCCN(Cc3ccccc3)C2)c1N. The normalized spacial score (nSPS) is 18.7. The fourth-order valence-corrected chi connectivity index (χ4v) is 3.54. The Balaban J connectivity index is 1.63. The van der Waals surface area contributed by atoms with Crippen LogP contribution in [0.2, 0.25) is 0 Å². The Kier molecular flexibility index (Phi) is 5.41. The maximum Gasteiger partial charge on any atom is 0.148 e. The second-order valence-electron chi connectivity index (χ2n) is 6.79. The number of rotatable bonds is 6. The van der Waals surface area contributed by atoms with Crippen LogP contribution in [0.1, 0.15) is 37.4 Å². The zero-order valence-corrected chi connectivity index (χ0v) is 14.8. The van der Waals surface area contributed by atoms with Crippen molar-refractivity contribution in [3.05, 3.63) is 41.6 Å². The molecule has 1 aromatic heterocycles. The minimum absolute atomic E-state index is 0.426. The quantitative estimate of drug-likeness (QED) is 0.856. The van der Waals surface area contributed by atoms with Gasteiger partial charge in [0.05, 0.1) is 11.4 Å². The molecule has 2 aromatic rings. The molecule has 3 rings (SSSR count). The molecule has 0 amide bonds. The van der Waals surface area contributed by atoms with Crippen molar-refractivity contribution in [3.8, 4) is 0 Å². The number of likely N-dealkylation sites (tertiary alicyclic amines) is 1. The zero-order chi connectivity index (χ0) is 16.9. The highest BCUT2D eigenvalue weighted by Gasteiger charge is 2.22. The molecule has 1 saturated heterocycles. The average molecular weight is 327 g/mol. The molecule has 2 heterocycles. The van der Waals surface area contributed by atoms with Gasteiger partial charge in [0.2, 0.25) is 0 Å². The lowest BCUT2D eigenvalue weighted by Crippen LogP contribution is -2.42. The predicted octanol–water partition coefficient (Wildman–Crippen LogP) is 3.03. The smallest absolute Gasteiger partial charge is 0.148 e. The molecular weight excluding hydrogens is 298 g/mol. The molecule has 24 heavy (non-hydrogen) atoms. The third-order valence-electron chi connectivity index (χ3n) is 4.74. The standard InChI is InChI=1S/C19H29N5/c1-3-8-17-18(20)19(23(2)22-17)21-16-11-7-12-24(14-16)13-15-9-5-4-6-10-15/h4-6,9-10,16,21H,3,7-8,11-14,20H2,1-2H3. The van der Waals surface area contributed by atoms with Crippen molar-refractivity contribution < 1.29 is 0 Å². The van der Waals surface area contributed by atoms with E-state index in [1.54, 1.807) is 0 Å². The van der Waals surface area contributed by atoms with Crippen molar-refractivity contribution in [3.63, 3.8) is 0 Å². The molecule has 3 N–H and O–H groups in total. The van der Waals surface area contributed by atoms with Gasteiger partial charge in [-0.05, 0) is 31.4 Å². The number of piperidine rings is 1. The molecule has 130 valence electrons. The van der Waals surface area contributed by atoms with Gasteiger partial charge in [-0.3, -0.25) is 9.58 Å². The Bertz CT molecular complexity index is 649. The molecule has 1 aliphatic heterocycles. The lowest BCUT2D eigenvalue weighted by Gasteiger charge is -2.33. The summed E-state index contributed by atoms with van der Waals surface area (Å²) >= 11 is 0. The molecule has 1 aliphatic rings. The molecule has 0 bridgehead atoms. The van der Waals surface area contributed by atoms with Crippen LogP contribution in [0.25, 0.3) is 0 Å². The number of nitrogens with one attached hydrogen (secondary N) is 1. The number of aryl methyl sites for hydroxylation is 2. The average Bonchev–Trinajstić information content (AvgIpc) is 2.84. The van der Waals surface area contributed by atoms with Crippen molar-refractivity contribution in [1.82, 2.24) is 14.7 Å². The highest BCUT2D eigenvalue weighted by molar-refractivity contribution is 5.65. The molecule has 1 atom stereocenters. The number of hydrogen-bond acceptors (Lipinski definition) is 4. The summed E-state index contributed by atoms with van der Waals surface area (Å²) in [4.78, 5) is 2.52. The summed E-state index contributed by atoms with van der Waals surface area (Å²) < 4.78 is 1.90. The highest BCUT2D eigenvalue weighted by atomic mass is 15.3. The van der Waals surface area contributed by atoms with Gasteiger partial charge in [0.1, 0.15) is 5.82 Å². The minimum atomic E-state index is 0.426. The van der Waals surface area contributed by atoms with Gasteiger partial charge < -0.3 is 11.1 Å². The van der Waals surface area contributed by atoms with Crippen LogP contribution in [-0.4, -0.2) is 33.8 Å². The number of benzene rings is 1. The molecule has 5 nitrogen and oxygen atoms in total. The molecule has 5 heteroatoms. The zero-order valence-electron chi connectivity index (χ0n) is 14.8. The summed E-state index contributed by atoms with van der Waals surface area (Å²) in [6, 6.07) is 11.1. The Morgan fingerprint density at radius 3 is 2.83 bits per heavy atom. The number of anilines is 2. The van der Waals surface area contributed by atoms with Crippen LogP contribution in [0.4, 0.5) is 11.5 Å². The van der Waals surface area contributed by atoms with E-state index in [0.717, 1.165) is 49.7 Å². The Labute approximate surface area is 144 Å². The first-order chi connectivity index (χ1) is 11.7. The molecule has 0 saturated carbocycles. The van der Waals surface area contributed by atoms with E-state index in [-0.39, 0.29) is 0 Å². The number of aromatic nitrogens is 2. The van der Waals surface area contributed by atoms with Crippen molar-refractivity contribution in [2.45, 2.75) is 45.2 Å². The summed E-state index contributed by atoms with van der Waals surface area (Å²) in [5.41, 5.74) is 9.52. The topological polar surface area (TPSA) is 59.1 Å². The molecular formula is C19H29N5. The summed E-state index contributed by atoms with van der Waals surface area (Å²) in [5.74, 6) is 0.977. The summed E-state index contributed by atoms with van der Waals surface area (Å²) in [6.07, 6.45) is 4.39. The van der Waals surface area contributed by atoms with Gasteiger partial charge in [-0.25, -0.2) is 0 Å². The van der Waals surface area contributed by atoms with Crippen LogP contribution in [0, 0.1) is 0 Å². The fraction of sp³-hybridized carbons (Fsp3) is 0.526. The molecule has 1 aromatic carbocycles. The predicted molar refractivity (Wildman–Crippen MR) is 100.0 cm³/mol. The summed E-state index contributed by atoms with van der Waals surface area (Å²) in [5, 5.41) is 8.21. The molecule has 0 spiro atoms. The molecule has 0 radical (unpaired) electrons. The number of hydrogen-bond donors (Lipinski definition) is 2. The Hall–Kier alpha value is -2.01. The van der Waals surface area contributed by atoms with E-state index in [1.165, 1.54) is 18.4 Å². The van der Waals surface area contributed by atoms with Crippen molar-refractivity contribution in [1.29, 1.82) is 0 Å². The van der Waals surface area contributed by atoms with Crippen LogP contribution in [-0.2, 0) is 20.0 Å². The van der Waals surface area contributed by atoms with Crippen LogP contribution >= 0.6 is 0 Å². The molecule has 1 fully saturated rings. The van der Waals surface area contributed by atoms with Crippen LogP contribution in [0.5, 0.6) is 0 Å². The van der Waals surface area contributed by atoms with Gasteiger partial charge in [0, 0.05) is 26.2 Å². The first-order valence-electron chi connectivity index (χ1n) is 9.01. The first kappa shape index (κ1) is 16.8. The highest BCUT2D eigenvalue weighted by Crippen LogP contribution is 2.26. The van der Waals surface area contributed by atoms with Gasteiger partial charge in [-0.2, -0.15) is 5.10 Å².